The fourth-order valence-corrected chi connectivity index (χ4v) is 5.28. The first-order chi connectivity index (χ1) is 13.2. The molecule has 154 valence electrons. The average Bonchev–Trinajstić information content (AvgIpc) is 2.69. The molecule has 0 spiro atoms. The third-order valence-electron chi connectivity index (χ3n) is 7.05. The molecule has 0 aromatic carbocycles. The molecular weight excluding hydrogens is 338 g/mol. The lowest BCUT2D eigenvalue weighted by Gasteiger charge is -2.39. The second kappa shape index (κ2) is 10.3. The van der Waals surface area contributed by atoms with Crippen LogP contribution < -0.4 is 10.6 Å². The van der Waals surface area contributed by atoms with Crippen molar-refractivity contribution in [1.29, 1.82) is 0 Å². The van der Waals surface area contributed by atoms with Crippen LogP contribution in [0.15, 0.2) is 0 Å². The summed E-state index contributed by atoms with van der Waals surface area (Å²) in [5, 5.41) is 6.52. The topological polar surface area (TPSA) is 61.4 Å². The molecule has 0 aromatic heterocycles. The van der Waals surface area contributed by atoms with E-state index >= 15 is 0 Å². The molecule has 2 N–H and O–H groups in total. The number of nitrogens with one attached hydrogen (secondary N) is 2. The quantitative estimate of drug-likeness (QED) is 0.754. The molecule has 3 fully saturated rings. The summed E-state index contributed by atoms with van der Waals surface area (Å²) in [5.41, 5.74) is 0. The van der Waals surface area contributed by atoms with E-state index in [0.717, 1.165) is 51.6 Å². The number of hydrogen-bond acceptors (Lipinski definition) is 2. The van der Waals surface area contributed by atoms with Gasteiger partial charge in [-0.1, -0.05) is 51.9 Å². The van der Waals surface area contributed by atoms with Gasteiger partial charge >= 0.3 is 6.03 Å². The lowest BCUT2D eigenvalue weighted by Crippen LogP contribution is -2.51. The third-order valence-corrected chi connectivity index (χ3v) is 7.05. The highest BCUT2D eigenvalue weighted by molar-refractivity contribution is 5.77. The molecule has 2 atom stereocenters. The van der Waals surface area contributed by atoms with Gasteiger partial charge in [0.25, 0.3) is 0 Å². The van der Waals surface area contributed by atoms with Crippen LogP contribution in [0, 0.1) is 11.8 Å². The molecule has 5 nitrogen and oxygen atoms in total. The van der Waals surface area contributed by atoms with Gasteiger partial charge < -0.3 is 15.5 Å². The smallest absolute Gasteiger partial charge is 0.317 e. The van der Waals surface area contributed by atoms with Crippen molar-refractivity contribution in [2.75, 3.05) is 13.1 Å². The average molecular weight is 378 g/mol. The van der Waals surface area contributed by atoms with Crippen molar-refractivity contribution in [3.8, 4) is 0 Å². The Bertz CT molecular complexity index is 484. The van der Waals surface area contributed by atoms with E-state index in [-0.39, 0.29) is 11.9 Å². The Kier molecular flexibility index (Phi) is 7.83. The Balaban J connectivity index is 1.44. The molecule has 3 amide bonds. The molecule has 0 aromatic rings. The van der Waals surface area contributed by atoms with Gasteiger partial charge in [0.15, 0.2) is 0 Å². The molecule has 1 aliphatic heterocycles. The van der Waals surface area contributed by atoms with Gasteiger partial charge in [-0.05, 0) is 43.9 Å². The van der Waals surface area contributed by atoms with Crippen LogP contribution in [0.3, 0.4) is 0 Å². The van der Waals surface area contributed by atoms with Crippen LogP contribution in [-0.4, -0.2) is 42.0 Å². The Morgan fingerprint density at radius 1 is 0.815 bits per heavy atom. The SMILES string of the molecule is CC[C@H]1CN(C(=O)NC2CCCCC2)CC[C@H]1CC(=O)NC1CCCCC1. The zero-order valence-electron chi connectivity index (χ0n) is 17.2. The fraction of sp³-hybridized carbons (Fsp3) is 0.909. The molecule has 0 radical (unpaired) electrons. The second-order valence-corrected chi connectivity index (χ2v) is 9.05. The number of rotatable bonds is 5. The molecule has 2 saturated carbocycles. The van der Waals surface area contributed by atoms with E-state index in [9.17, 15) is 9.59 Å². The third kappa shape index (κ3) is 6.11. The van der Waals surface area contributed by atoms with Gasteiger partial charge in [-0.15, -0.1) is 0 Å². The number of nitrogens with zero attached hydrogens (tertiary/aromatic N) is 1. The highest BCUT2D eigenvalue weighted by Gasteiger charge is 2.32. The van der Waals surface area contributed by atoms with Crippen molar-refractivity contribution in [3.05, 3.63) is 0 Å². The minimum Gasteiger partial charge on any atom is -0.353 e. The number of urea groups is 1. The van der Waals surface area contributed by atoms with Crippen LogP contribution in [0.1, 0.15) is 90.4 Å². The lowest BCUT2D eigenvalue weighted by molar-refractivity contribution is -0.123. The monoisotopic (exact) mass is 377 g/mol. The van der Waals surface area contributed by atoms with Crippen molar-refractivity contribution in [1.82, 2.24) is 15.5 Å². The number of amides is 3. The van der Waals surface area contributed by atoms with Gasteiger partial charge in [0.1, 0.15) is 0 Å². The minimum absolute atomic E-state index is 0.116. The molecule has 0 bridgehead atoms. The van der Waals surface area contributed by atoms with Crippen molar-refractivity contribution >= 4 is 11.9 Å². The molecule has 1 saturated heterocycles. The van der Waals surface area contributed by atoms with E-state index in [1.807, 2.05) is 4.90 Å². The highest BCUT2D eigenvalue weighted by Crippen LogP contribution is 2.29. The van der Waals surface area contributed by atoms with Crippen molar-refractivity contribution in [3.63, 3.8) is 0 Å². The maximum atomic E-state index is 12.7. The Labute approximate surface area is 165 Å². The highest BCUT2D eigenvalue weighted by atomic mass is 16.2. The van der Waals surface area contributed by atoms with Gasteiger partial charge in [-0.2, -0.15) is 0 Å². The van der Waals surface area contributed by atoms with Crippen molar-refractivity contribution in [2.45, 2.75) is 102 Å². The molecule has 5 heteroatoms. The fourth-order valence-electron chi connectivity index (χ4n) is 5.28. The van der Waals surface area contributed by atoms with E-state index in [1.165, 1.54) is 38.5 Å². The van der Waals surface area contributed by atoms with Crippen LogP contribution in [-0.2, 0) is 4.79 Å². The van der Waals surface area contributed by atoms with E-state index in [1.54, 1.807) is 0 Å². The molecule has 0 unspecified atom stereocenters. The summed E-state index contributed by atoms with van der Waals surface area (Å²) in [5.74, 6) is 1.08. The van der Waals surface area contributed by atoms with Crippen LogP contribution in [0.25, 0.3) is 0 Å². The number of piperidine rings is 1. The summed E-state index contributed by atoms with van der Waals surface area (Å²) < 4.78 is 0. The first-order valence-corrected chi connectivity index (χ1v) is 11.5. The largest absolute Gasteiger partial charge is 0.353 e. The molecule has 3 aliphatic rings. The second-order valence-electron chi connectivity index (χ2n) is 9.05. The van der Waals surface area contributed by atoms with Crippen LogP contribution in [0.5, 0.6) is 0 Å². The van der Waals surface area contributed by atoms with Crippen molar-refractivity contribution < 1.29 is 9.59 Å². The standard InChI is InChI=1S/C22H39N3O2/c1-2-17-16-25(22(27)24-20-11-7-4-8-12-20)14-13-18(17)15-21(26)23-19-9-5-3-6-10-19/h17-20H,2-16H2,1H3,(H,23,26)(H,24,27)/t17-,18-/m0/s1. The van der Waals surface area contributed by atoms with Crippen LogP contribution in [0.2, 0.25) is 0 Å². The summed E-state index contributed by atoms with van der Waals surface area (Å²) >= 11 is 0. The molecule has 27 heavy (non-hydrogen) atoms. The normalized spacial score (nSPS) is 28.0. The van der Waals surface area contributed by atoms with Crippen LogP contribution >= 0.6 is 0 Å². The van der Waals surface area contributed by atoms with E-state index in [4.69, 9.17) is 0 Å². The molecule has 2 aliphatic carbocycles. The predicted molar refractivity (Wildman–Crippen MR) is 108 cm³/mol. The first-order valence-electron chi connectivity index (χ1n) is 11.5. The summed E-state index contributed by atoms with van der Waals surface area (Å²) in [6.07, 6.45) is 14.7. The van der Waals surface area contributed by atoms with Gasteiger partial charge in [0.2, 0.25) is 5.91 Å². The molecular formula is C22H39N3O2. The van der Waals surface area contributed by atoms with Gasteiger partial charge in [-0.3, -0.25) is 4.79 Å². The minimum atomic E-state index is 0.116. The maximum absolute atomic E-state index is 12.7. The lowest BCUT2D eigenvalue weighted by atomic mass is 9.81. The van der Waals surface area contributed by atoms with Gasteiger partial charge in [-0.25, -0.2) is 4.79 Å². The zero-order valence-corrected chi connectivity index (χ0v) is 17.2. The maximum Gasteiger partial charge on any atom is 0.317 e. The Morgan fingerprint density at radius 3 is 2.00 bits per heavy atom. The number of hydrogen-bond donors (Lipinski definition) is 2. The first kappa shape index (κ1) is 20.5. The summed E-state index contributed by atoms with van der Waals surface area (Å²) in [6, 6.07) is 0.878. The predicted octanol–water partition coefficient (Wildman–Crippen LogP) is 4.22. The van der Waals surface area contributed by atoms with E-state index < -0.39 is 0 Å². The molecule has 1 heterocycles. The number of likely N-dealkylation sites (tertiary alicyclic amines) is 1. The molecule has 3 rings (SSSR count). The Morgan fingerprint density at radius 2 is 1.41 bits per heavy atom. The van der Waals surface area contributed by atoms with Gasteiger partial charge in [0, 0.05) is 31.6 Å². The summed E-state index contributed by atoms with van der Waals surface area (Å²) in [4.78, 5) is 27.2. The Hall–Kier alpha value is -1.26. The van der Waals surface area contributed by atoms with Crippen LogP contribution in [0.4, 0.5) is 4.79 Å². The number of carbonyl (C=O) groups is 2. The van der Waals surface area contributed by atoms with Gasteiger partial charge in [0.05, 0.1) is 0 Å². The number of carbonyl (C=O) groups excluding carboxylic acids is 2. The summed E-state index contributed by atoms with van der Waals surface area (Å²) in [6.45, 7) is 3.78. The van der Waals surface area contributed by atoms with E-state index in [2.05, 4.69) is 17.6 Å². The summed E-state index contributed by atoms with van der Waals surface area (Å²) in [7, 11) is 0. The van der Waals surface area contributed by atoms with E-state index in [0.29, 0.717) is 30.3 Å². The van der Waals surface area contributed by atoms with Crippen molar-refractivity contribution in [2.24, 2.45) is 11.8 Å². The zero-order chi connectivity index (χ0) is 19.1.